The highest BCUT2D eigenvalue weighted by atomic mass is 19.1. The molecule has 2 nitrogen and oxygen atoms in total. The molecule has 1 aromatic heterocycles. The molecular formula is C14H19FN2. The Morgan fingerprint density at radius 3 is 2.71 bits per heavy atom. The standard InChI is InChI=1S/C14H19FN2/c1-9(2)16-8-14-10(3)12-7-11(15)5-6-13(12)17(14)4/h5-7,9,16H,8H2,1-4H3. The summed E-state index contributed by atoms with van der Waals surface area (Å²) in [7, 11) is 2.03. The maximum atomic E-state index is 13.2. The molecule has 0 aliphatic rings. The fourth-order valence-electron chi connectivity index (χ4n) is 2.21. The van der Waals surface area contributed by atoms with Crippen LogP contribution in [0.25, 0.3) is 10.9 Å². The number of nitrogens with zero attached hydrogens (tertiary/aromatic N) is 1. The fraction of sp³-hybridized carbons (Fsp3) is 0.429. The highest BCUT2D eigenvalue weighted by Crippen LogP contribution is 2.25. The van der Waals surface area contributed by atoms with E-state index in [0.717, 1.165) is 23.0 Å². The molecule has 1 heterocycles. The van der Waals surface area contributed by atoms with E-state index >= 15 is 0 Å². The SMILES string of the molecule is Cc1c(CNC(C)C)n(C)c2ccc(F)cc12. The van der Waals surface area contributed by atoms with E-state index in [9.17, 15) is 4.39 Å². The lowest BCUT2D eigenvalue weighted by molar-refractivity contribution is 0.571. The van der Waals surface area contributed by atoms with Gasteiger partial charge in [0.25, 0.3) is 0 Å². The van der Waals surface area contributed by atoms with Crippen molar-refractivity contribution < 1.29 is 4.39 Å². The van der Waals surface area contributed by atoms with Crippen molar-refractivity contribution in [2.75, 3.05) is 0 Å². The average Bonchev–Trinajstić information content (AvgIpc) is 2.49. The van der Waals surface area contributed by atoms with Gasteiger partial charge in [0.2, 0.25) is 0 Å². The molecule has 0 atom stereocenters. The van der Waals surface area contributed by atoms with Gasteiger partial charge in [-0.15, -0.1) is 0 Å². The minimum Gasteiger partial charge on any atom is -0.346 e. The minimum absolute atomic E-state index is 0.172. The Hall–Kier alpha value is -1.35. The van der Waals surface area contributed by atoms with Gasteiger partial charge >= 0.3 is 0 Å². The molecule has 0 saturated heterocycles. The van der Waals surface area contributed by atoms with E-state index in [2.05, 4.69) is 30.7 Å². The number of hydrogen-bond acceptors (Lipinski definition) is 1. The first kappa shape index (κ1) is 12.1. The van der Waals surface area contributed by atoms with Crippen molar-refractivity contribution in [2.45, 2.75) is 33.4 Å². The second-order valence-corrected chi connectivity index (χ2v) is 4.83. The summed E-state index contributed by atoms with van der Waals surface area (Å²) in [5.74, 6) is -0.172. The molecule has 1 aromatic carbocycles. The third-order valence-electron chi connectivity index (χ3n) is 3.24. The van der Waals surface area contributed by atoms with E-state index in [1.165, 1.54) is 11.8 Å². The van der Waals surface area contributed by atoms with Crippen LogP contribution in [0.1, 0.15) is 25.1 Å². The lowest BCUT2D eigenvalue weighted by Gasteiger charge is -2.10. The van der Waals surface area contributed by atoms with Crippen molar-refractivity contribution >= 4 is 10.9 Å². The molecule has 0 spiro atoms. The van der Waals surface area contributed by atoms with E-state index in [1.807, 2.05) is 13.1 Å². The van der Waals surface area contributed by atoms with Gasteiger partial charge in [0, 0.05) is 36.2 Å². The largest absolute Gasteiger partial charge is 0.346 e. The van der Waals surface area contributed by atoms with Gasteiger partial charge in [-0.1, -0.05) is 13.8 Å². The number of rotatable bonds is 3. The van der Waals surface area contributed by atoms with Crippen molar-refractivity contribution in [3.63, 3.8) is 0 Å². The van der Waals surface area contributed by atoms with Gasteiger partial charge in [0.15, 0.2) is 0 Å². The first-order chi connectivity index (χ1) is 8.00. The Morgan fingerprint density at radius 2 is 2.06 bits per heavy atom. The fourth-order valence-corrected chi connectivity index (χ4v) is 2.21. The predicted octanol–water partition coefficient (Wildman–Crippen LogP) is 3.12. The Morgan fingerprint density at radius 1 is 1.35 bits per heavy atom. The van der Waals surface area contributed by atoms with Crippen LogP contribution in [0.2, 0.25) is 0 Å². The lowest BCUT2D eigenvalue weighted by Crippen LogP contribution is -2.23. The number of nitrogens with one attached hydrogen (secondary N) is 1. The van der Waals surface area contributed by atoms with Crippen LogP contribution in [-0.4, -0.2) is 10.6 Å². The number of benzene rings is 1. The highest BCUT2D eigenvalue weighted by Gasteiger charge is 2.12. The molecule has 0 aliphatic carbocycles. The summed E-state index contributed by atoms with van der Waals surface area (Å²) in [5, 5.41) is 4.41. The maximum Gasteiger partial charge on any atom is 0.123 e. The molecule has 2 rings (SSSR count). The molecule has 0 radical (unpaired) electrons. The van der Waals surface area contributed by atoms with Gasteiger partial charge in [-0.05, 0) is 30.7 Å². The first-order valence-corrected chi connectivity index (χ1v) is 5.97. The van der Waals surface area contributed by atoms with E-state index in [-0.39, 0.29) is 5.82 Å². The maximum absolute atomic E-state index is 13.2. The van der Waals surface area contributed by atoms with Gasteiger partial charge in [0.1, 0.15) is 5.82 Å². The number of fused-ring (bicyclic) bond motifs is 1. The summed E-state index contributed by atoms with van der Waals surface area (Å²) < 4.78 is 15.4. The quantitative estimate of drug-likeness (QED) is 0.863. The minimum atomic E-state index is -0.172. The Kier molecular flexibility index (Phi) is 3.20. The van der Waals surface area contributed by atoms with Gasteiger partial charge in [-0.2, -0.15) is 0 Å². The smallest absolute Gasteiger partial charge is 0.123 e. The van der Waals surface area contributed by atoms with Crippen LogP contribution in [0.5, 0.6) is 0 Å². The summed E-state index contributed by atoms with van der Waals surface area (Å²) in [6.45, 7) is 7.12. The molecule has 0 saturated carbocycles. The summed E-state index contributed by atoms with van der Waals surface area (Å²) in [6.07, 6.45) is 0. The molecule has 0 amide bonds. The topological polar surface area (TPSA) is 17.0 Å². The summed E-state index contributed by atoms with van der Waals surface area (Å²) in [5.41, 5.74) is 3.47. The van der Waals surface area contributed by atoms with Crippen molar-refractivity contribution in [3.8, 4) is 0 Å². The lowest BCUT2D eigenvalue weighted by atomic mass is 10.1. The zero-order valence-corrected chi connectivity index (χ0v) is 10.8. The van der Waals surface area contributed by atoms with Crippen LogP contribution < -0.4 is 5.32 Å². The average molecular weight is 234 g/mol. The van der Waals surface area contributed by atoms with Gasteiger partial charge < -0.3 is 9.88 Å². The molecule has 2 aromatic rings. The molecular weight excluding hydrogens is 215 g/mol. The number of hydrogen-bond donors (Lipinski definition) is 1. The second-order valence-electron chi connectivity index (χ2n) is 4.83. The van der Waals surface area contributed by atoms with Crippen molar-refractivity contribution in [1.82, 2.24) is 9.88 Å². The van der Waals surface area contributed by atoms with Crippen LogP contribution >= 0.6 is 0 Å². The number of aromatic nitrogens is 1. The molecule has 17 heavy (non-hydrogen) atoms. The zero-order valence-electron chi connectivity index (χ0n) is 10.8. The van der Waals surface area contributed by atoms with Gasteiger partial charge in [0.05, 0.1) is 0 Å². The molecule has 0 aliphatic heterocycles. The molecule has 0 bridgehead atoms. The summed E-state index contributed by atoms with van der Waals surface area (Å²) in [6, 6.07) is 5.42. The third kappa shape index (κ3) is 2.20. The number of aryl methyl sites for hydroxylation is 2. The Balaban J connectivity index is 2.49. The van der Waals surface area contributed by atoms with Crippen LogP contribution in [0.3, 0.4) is 0 Å². The van der Waals surface area contributed by atoms with Crippen molar-refractivity contribution in [1.29, 1.82) is 0 Å². The van der Waals surface area contributed by atoms with Gasteiger partial charge in [-0.3, -0.25) is 0 Å². The third-order valence-corrected chi connectivity index (χ3v) is 3.24. The zero-order chi connectivity index (χ0) is 12.6. The van der Waals surface area contributed by atoms with Crippen molar-refractivity contribution in [3.05, 3.63) is 35.3 Å². The first-order valence-electron chi connectivity index (χ1n) is 5.97. The molecule has 3 heteroatoms. The summed E-state index contributed by atoms with van der Waals surface area (Å²) >= 11 is 0. The van der Waals surface area contributed by atoms with E-state index in [0.29, 0.717) is 6.04 Å². The molecule has 0 unspecified atom stereocenters. The van der Waals surface area contributed by atoms with Crippen LogP contribution in [-0.2, 0) is 13.6 Å². The van der Waals surface area contributed by atoms with Crippen LogP contribution in [0.15, 0.2) is 18.2 Å². The van der Waals surface area contributed by atoms with Gasteiger partial charge in [-0.25, -0.2) is 4.39 Å². The van der Waals surface area contributed by atoms with E-state index < -0.39 is 0 Å². The molecule has 0 fully saturated rings. The highest BCUT2D eigenvalue weighted by molar-refractivity contribution is 5.85. The number of halogens is 1. The summed E-state index contributed by atoms with van der Waals surface area (Å²) in [4.78, 5) is 0. The molecule has 92 valence electrons. The predicted molar refractivity (Wildman–Crippen MR) is 69.6 cm³/mol. The van der Waals surface area contributed by atoms with E-state index in [4.69, 9.17) is 0 Å². The van der Waals surface area contributed by atoms with E-state index in [1.54, 1.807) is 6.07 Å². The van der Waals surface area contributed by atoms with Crippen LogP contribution in [0, 0.1) is 12.7 Å². The molecule has 1 N–H and O–H groups in total. The Bertz CT molecular complexity index is 541. The second kappa shape index (κ2) is 4.49. The normalized spacial score (nSPS) is 11.6. The van der Waals surface area contributed by atoms with Crippen molar-refractivity contribution in [2.24, 2.45) is 7.05 Å². The van der Waals surface area contributed by atoms with Crippen LogP contribution in [0.4, 0.5) is 4.39 Å². The monoisotopic (exact) mass is 234 g/mol. The Labute approximate surface area is 101 Å².